The van der Waals surface area contributed by atoms with Crippen LogP contribution in [0.15, 0.2) is 11.2 Å². The molecule has 0 radical (unpaired) electrons. The van der Waals surface area contributed by atoms with Crippen LogP contribution in [0.1, 0.15) is 12.8 Å². The van der Waals surface area contributed by atoms with Gasteiger partial charge in [-0.1, -0.05) is 11.8 Å². The molecule has 1 fully saturated rings. The van der Waals surface area contributed by atoms with Crippen molar-refractivity contribution in [2.75, 3.05) is 31.4 Å². The fourth-order valence-electron chi connectivity index (χ4n) is 1.91. The molecular weight excluding hydrogens is 238 g/mol. The molecule has 1 atom stereocenters. The lowest BCUT2D eigenvalue weighted by Crippen LogP contribution is -2.38. The number of piperidine rings is 1. The highest BCUT2D eigenvalue weighted by Gasteiger charge is 2.20. The predicted octanol–water partition coefficient (Wildman–Crippen LogP) is 1.17. The Morgan fingerprint density at radius 1 is 1.53 bits per heavy atom. The predicted molar refractivity (Wildman–Crippen MR) is 67.8 cm³/mol. The monoisotopic (exact) mass is 255 g/mol. The number of anilines is 1. The van der Waals surface area contributed by atoms with Gasteiger partial charge in [0, 0.05) is 19.2 Å². The molecule has 94 valence electrons. The third-order valence-electron chi connectivity index (χ3n) is 2.78. The quantitative estimate of drug-likeness (QED) is 0.646. The van der Waals surface area contributed by atoms with Crippen LogP contribution in [-0.4, -0.2) is 47.6 Å². The van der Waals surface area contributed by atoms with Gasteiger partial charge in [-0.3, -0.25) is 0 Å². The lowest BCUT2D eigenvalue weighted by molar-refractivity contribution is 0.153. The molecule has 0 bridgehead atoms. The van der Waals surface area contributed by atoms with Crippen LogP contribution in [0.2, 0.25) is 0 Å². The van der Waals surface area contributed by atoms with Crippen molar-refractivity contribution >= 4 is 17.6 Å². The first-order valence-corrected chi connectivity index (χ1v) is 6.85. The molecule has 0 amide bonds. The molecule has 2 heterocycles. The van der Waals surface area contributed by atoms with Gasteiger partial charge in [-0.05, 0) is 19.1 Å². The van der Waals surface area contributed by atoms with Crippen LogP contribution in [-0.2, 0) is 0 Å². The third kappa shape index (κ3) is 3.01. The molecule has 0 unspecified atom stereocenters. The Balaban J connectivity index is 2.23. The summed E-state index contributed by atoms with van der Waals surface area (Å²) >= 11 is 1.49. The van der Waals surface area contributed by atoms with E-state index >= 15 is 0 Å². The second-order valence-electron chi connectivity index (χ2n) is 4.00. The van der Waals surface area contributed by atoms with Crippen LogP contribution in [0.5, 0.6) is 5.88 Å². The van der Waals surface area contributed by atoms with Gasteiger partial charge in [0.05, 0.1) is 13.2 Å². The Bertz CT molecular complexity index is 367. The van der Waals surface area contributed by atoms with E-state index < -0.39 is 0 Å². The molecule has 1 N–H and O–H groups in total. The van der Waals surface area contributed by atoms with Crippen molar-refractivity contribution < 1.29 is 9.84 Å². The number of thioether (sulfide) groups is 1. The molecule has 0 aromatic carbocycles. The highest BCUT2D eigenvalue weighted by Crippen LogP contribution is 2.24. The zero-order valence-corrected chi connectivity index (χ0v) is 10.9. The Kier molecular flexibility index (Phi) is 4.06. The minimum absolute atomic E-state index is 0.262. The SMILES string of the molecule is COc1cc(N2CCC[C@@H](O)C2)nc(SC)n1. The third-order valence-corrected chi connectivity index (χ3v) is 3.33. The largest absolute Gasteiger partial charge is 0.481 e. The number of nitrogens with zero attached hydrogens (tertiary/aromatic N) is 3. The molecule has 0 saturated carbocycles. The van der Waals surface area contributed by atoms with Gasteiger partial charge in [0.15, 0.2) is 5.16 Å². The summed E-state index contributed by atoms with van der Waals surface area (Å²) in [6.07, 6.45) is 3.53. The maximum Gasteiger partial charge on any atom is 0.219 e. The van der Waals surface area contributed by atoms with E-state index in [1.807, 2.05) is 12.3 Å². The van der Waals surface area contributed by atoms with Crippen molar-refractivity contribution in [3.8, 4) is 5.88 Å². The number of hydrogen-bond acceptors (Lipinski definition) is 6. The molecule has 1 aliphatic heterocycles. The minimum Gasteiger partial charge on any atom is -0.481 e. The maximum absolute atomic E-state index is 9.67. The van der Waals surface area contributed by atoms with Crippen LogP contribution in [0, 0.1) is 0 Å². The normalized spacial score (nSPS) is 20.4. The van der Waals surface area contributed by atoms with E-state index in [-0.39, 0.29) is 6.10 Å². The average molecular weight is 255 g/mol. The smallest absolute Gasteiger partial charge is 0.219 e. The summed E-state index contributed by atoms with van der Waals surface area (Å²) < 4.78 is 5.16. The van der Waals surface area contributed by atoms with Crippen LogP contribution < -0.4 is 9.64 Å². The van der Waals surface area contributed by atoms with Gasteiger partial charge in [0.1, 0.15) is 5.82 Å². The lowest BCUT2D eigenvalue weighted by Gasteiger charge is -2.31. The topological polar surface area (TPSA) is 58.5 Å². The van der Waals surface area contributed by atoms with Gasteiger partial charge in [-0.2, -0.15) is 4.98 Å². The highest BCUT2D eigenvalue weighted by molar-refractivity contribution is 7.98. The Morgan fingerprint density at radius 2 is 2.35 bits per heavy atom. The number of aliphatic hydroxyl groups excluding tert-OH is 1. The molecule has 1 aliphatic rings. The molecule has 17 heavy (non-hydrogen) atoms. The van der Waals surface area contributed by atoms with Crippen molar-refractivity contribution in [1.29, 1.82) is 0 Å². The fraction of sp³-hybridized carbons (Fsp3) is 0.636. The minimum atomic E-state index is -0.262. The average Bonchev–Trinajstić information content (AvgIpc) is 2.38. The van der Waals surface area contributed by atoms with Crippen molar-refractivity contribution in [2.45, 2.75) is 24.1 Å². The number of aliphatic hydroxyl groups is 1. The van der Waals surface area contributed by atoms with Gasteiger partial charge in [-0.15, -0.1) is 0 Å². The maximum atomic E-state index is 9.67. The van der Waals surface area contributed by atoms with Gasteiger partial charge >= 0.3 is 0 Å². The van der Waals surface area contributed by atoms with Gasteiger partial charge in [0.2, 0.25) is 5.88 Å². The van der Waals surface area contributed by atoms with Crippen molar-refractivity contribution in [2.24, 2.45) is 0 Å². The van der Waals surface area contributed by atoms with Crippen LogP contribution in [0.25, 0.3) is 0 Å². The second kappa shape index (κ2) is 5.55. The summed E-state index contributed by atoms with van der Waals surface area (Å²) in [6.45, 7) is 1.55. The summed E-state index contributed by atoms with van der Waals surface area (Å²) in [5.41, 5.74) is 0. The second-order valence-corrected chi connectivity index (χ2v) is 4.77. The van der Waals surface area contributed by atoms with Gasteiger partial charge in [0.25, 0.3) is 0 Å². The molecule has 1 aromatic rings. The van der Waals surface area contributed by atoms with E-state index in [0.29, 0.717) is 17.6 Å². The summed E-state index contributed by atoms with van der Waals surface area (Å²) in [4.78, 5) is 10.8. The molecule has 6 heteroatoms. The van der Waals surface area contributed by atoms with E-state index in [0.717, 1.165) is 25.2 Å². The molecule has 0 spiro atoms. The number of β-amino-alcohol motifs (C(OH)–C–C–N with tert-alkyl or cyclic N) is 1. The summed E-state index contributed by atoms with van der Waals surface area (Å²) in [7, 11) is 1.60. The number of rotatable bonds is 3. The molecule has 1 saturated heterocycles. The number of ether oxygens (including phenoxy) is 1. The van der Waals surface area contributed by atoms with Crippen LogP contribution in [0.3, 0.4) is 0 Å². The Morgan fingerprint density at radius 3 is 3.00 bits per heavy atom. The number of methoxy groups -OCH3 is 1. The first kappa shape index (κ1) is 12.4. The van der Waals surface area contributed by atoms with Crippen molar-refractivity contribution in [3.05, 3.63) is 6.07 Å². The zero-order valence-electron chi connectivity index (χ0n) is 10.1. The highest BCUT2D eigenvalue weighted by atomic mass is 32.2. The molecule has 2 rings (SSSR count). The van der Waals surface area contributed by atoms with Crippen molar-refractivity contribution in [1.82, 2.24) is 9.97 Å². The molecule has 0 aliphatic carbocycles. The van der Waals surface area contributed by atoms with E-state index in [1.165, 1.54) is 11.8 Å². The molecule has 1 aromatic heterocycles. The molecule has 5 nitrogen and oxygen atoms in total. The summed E-state index contributed by atoms with van der Waals surface area (Å²) in [5.74, 6) is 1.40. The molecular formula is C11H17N3O2S. The van der Waals surface area contributed by atoms with E-state index in [4.69, 9.17) is 4.74 Å². The first-order chi connectivity index (χ1) is 8.22. The lowest BCUT2D eigenvalue weighted by atomic mass is 10.1. The summed E-state index contributed by atoms with van der Waals surface area (Å²) in [6, 6.07) is 1.82. The standard InChI is InChI=1S/C11H17N3O2S/c1-16-10-6-9(12-11(13-10)17-2)14-5-3-4-8(15)7-14/h6,8,15H,3-5,7H2,1-2H3/t8-/m1/s1. The Hall–Kier alpha value is -1.01. The van der Waals surface area contributed by atoms with Gasteiger partial charge in [-0.25, -0.2) is 4.98 Å². The van der Waals surface area contributed by atoms with Crippen molar-refractivity contribution in [3.63, 3.8) is 0 Å². The van der Waals surface area contributed by atoms with E-state index in [2.05, 4.69) is 14.9 Å². The van der Waals surface area contributed by atoms with Gasteiger partial charge < -0.3 is 14.7 Å². The number of aromatic nitrogens is 2. The zero-order chi connectivity index (χ0) is 12.3. The van der Waals surface area contributed by atoms with Crippen LogP contribution in [0.4, 0.5) is 5.82 Å². The fourth-order valence-corrected chi connectivity index (χ4v) is 2.28. The van der Waals surface area contributed by atoms with E-state index in [9.17, 15) is 5.11 Å². The summed E-state index contributed by atoms with van der Waals surface area (Å²) in [5, 5.41) is 10.4. The Labute approximate surface area is 105 Å². The first-order valence-electron chi connectivity index (χ1n) is 5.63. The number of hydrogen-bond donors (Lipinski definition) is 1. The van der Waals surface area contributed by atoms with Crippen LogP contribution >= 0.6 is 11.8 Å². The van der Waals surface area contributed by atoms with E-state index in [1.54, 1.807) is 7.11 Å².